The summed E-state index contributed by atoms with van der Waals surface area (Å²) in [7, 11) is 3.13. The summed E-state index contributed by atoms with van der Waals surface area (Å²) in [6, 6.07) is 14.3. The van der Waals surface area contributed by atoms with Gasteiger partial charge in [0, 0.05) is 25.6 Å². The lowest BCUT2D eigenvalue weighted by atomic mass is 10.2. The van der Waals surface area contributed by atoms with Gasteiger partial charge < -0.3 is 19.7 Å². The second kappa shape index (κ2) is 8.73. The molecule has 0 radical (unpaired) electrons. The number of nitrogens with zero attached hydrogens (tertiary/aromatic N) is 1. The Morgan fingerprint density at radius 2 is 1.68 bits per heavy atom. The summed E-state index contributed by atoms with van der Waals surface area (Å²) in [5, 5.41) is 2.80. The molecule has 0 fully saturated rings. The third-order valence-electron chi connectivity index (χ3n) is 3.71. The van der Waals surface area contributed by atoms with Crippen LogP contribution in [-0.2, 0) is 9.59 Å². The smallest absolute Gasteiger partial charge is 0.226 e. The first-order valence-electron chi connectivity index (χ1n) is 7.90. The highest BCUT2D eigenvalue weighted by molar-refractivity contribution is 5.95. The summed E-state index contributed by atoms with van der Waals surface area (Å²) in [6.45, 7) is 1.75. The van der Waals surface area contributed by atoms with Crippen molar-refractivity contribution in [3.05, 3.63) is 48.5 Å². The minimum absolute atomic E-state index is 0.129. The van der Waals surface area contributed by atoms with Crippen molar-refractivity contribution >= 4 is 23.2 Å². The number of carbonyl (C=O) groups is 2. The zero-order chi connectivity index (χ0) is 18.2. The van der Waals surface area contributed by atoms with Crippen LogP contribution in [0.1, 0.15) is 13.3 Å². The van der Waals surface area contributed by atoms with Crippen LogP contribution in [0.5, 0.6) is 11.5 Å². The quantitative estimate of drug-likeness (QED) is 0.840. The van der Waals surface area contributed by atoms with Crippen LogP contribution in [0.3, 0.4) is 0 Å². The van der Waals surface area contributed by atoms with E-state index in [-0.39, 0.29) is 24.8 Å². The summed E-state index contributed by atoms with van der Waals surface area (Å²) in [4.78, 5) is 25.7. The van der Waals surface area contributed by atoms with Gasteiger partial charge in [-0.15, -0.1) is 0 Å². The lowest BCUT2D eigenvalue weighted by Gasteiger charge is -2.21. The van der Waals surface area contributed by atoms with Crippen molar-refractivity contribution in [2.45, 2.75) is 13.3 Å². The molecule has 2 rings (SSSR count). The molecule has 2 amide bonds. The van der Waals surface area contributed by atoms with Gasteiger partial charge in [0.2, 0.25) is 11.8 Å². The van der Waals surface area contributed by atoms with Gasteiger partial charge in [0.25, 0.3) is 0 Å². The predicted octanol–water partition coefficient (Wildman–Crippen LogP) is 3.09. The lowest BCUT2D eigenvalue weighted by molar-refractivity contribution is -0.117. The van der Waals surface area contributed by atoms with E-state index in [0.29, 0.717) is 17.2 Å². The van der Waals surface area contributed by atoms with E-state index in [0.717, 1.165) is 5.69 Å². The first kappa shape index (κ1) is 18.3. The highest BCUT2D eigenvalue weighted by Crippen LogP contribution is 2.23. The SMILES string of the molecule is COc1ccc(N(CCC(=O)Nc2ccccc2OC)C(C)=O)cc1. The Kier molecular flexibility index (Phi) is 6.39. The molecular weight excluding hydrogens is 320 g/mol. The molecule has 0 spiro atoms. The number of hydrogen-bond donors (Lipinski definition) is 1. The van der Waals surface area contributed by atoms with Crippen molar-refractivity contribution in [2.75, 3.05) is 31.0 Å². The van der Waals surface area contributed by atoms with Crippen LogP contribution in [-0.4, -0.2) is 32.6 Å². The normalized spacial score (nSPS) is 10.0. The van der Waals surface area contributed by atoms with Crippen LogP contribution in [0.4, 0.5) is 11.4 Å². The Morgan fingerprint density at radius 3 is 2.28 bits per heavy atom. The number of nitrogens with one attached hydrogen (secondary N) is 1. The van der Waals surface area contributed by atoms with Gasteiger partial charge in [-0.05, 0) is 36.4 Å². The van der Waals surface area contributed by atoms with E-state index >= 15 is 0 Å². The van der Waals surface area contributed by atoms with E-state index in [1.807, 2.05) is 12.1 Å². The highest BCUT2D eigenvalue weighted by Gasteiger charge is 2.14. The number of carbonyl (C=O) groups excluding carboxylic acids is 2. The fourth-order valence-corrected chi connectivity index (χ4v) is 2.40. The van der Waals surface area contributed by atoms with E-state index in [1.165, 1.54) is 6.92 Å². The maximum atomic E-state index is 12.2. The number of amides is 2. The number of para-hydroxylation sites is 2. The van der Waals surface area contributed by atoms with Crippen LogP contribution < -0.4 is 19.7 Å². The van der Waals surface area contributed by atoms with Crippen LogP contribution in [0.2, 0.25) is 0 Å². The minimum Gasteiger partial charge on any atom is -0.497 e. The molecule has 6 nitrogen and oxygen atoms in total. The first-order chi connectivity index (χ1) is 12.0. The van der Waals surface area contributed by atoms with Crippen LogP contribution in [0, 0.1) is 0 Å². The second-order valence-electron chi connectivity index (χ2n) is 5.37. The molecule has 132 valence electrons. The zero-order valence-corrected chi connectivity index (χ0v) is 14.6. The summed E-state index contributed by atoms with van der Waals surface area (Å²) in [5.74, 6) is 0.982. The Bertz CT molecular complexity index is 728. The molecule has 25 heavy (non-hydrogen) atoms. The summed E-state index contributed by atoms with van der Waals surface area (Å²) < 4.78 is 10.3. The number of anilines is 2. The zero-order valence-electron chi connectivity index (χ0n) is 14.6. The number of hydrogen-bond acceptors (Lipinski definition) is 4. The Morgan fingerprint density at radius 1 is 1.00 bits per heavy atom. The Hall–Kier alpha value is -3.02. The summed E-state index contributed by atoms with van der Waals surface area (Å²) in [5.41, 5.74) is 1.33. The van der Waals surface area contributed by atoms with Crippen molar-refractivity contribution in [3.63, 3.8) is 0 Å². The van der Waals surface area contributed by atoms with Crippen molar-refractivity contribution < 1.29 is 19.1 Å². The maximum Gasteiger partial charge on any atom is 0.226 e. The fraction of sp³-hybridized carbons (Fsp3) is 0.263. The topological polar surface area (TPSA) is 67.9 Å². The van der Waals surface area contributed by atoms with E-state index < -0.39 is 0 Å². The minimum atomic E-state index is -0.190. The fourth-order valence-electron chi connectivity index (χ4n) is 2.40. The molecule has 0 saturated carbocycles. The van der Waals surface area contributed by atoms with Crippen molar-refractivity contribution in [3.8, 4) is 11.5 Å². The summed E-state index contributed by atoms with van der Waals surface area (Å²) >= 11 is 0. The second-order valence-corrected chi connectivity index (χ2v) is 5.37. The van der Waals surface area contributed by atoms with Gasteiger partial charge in [-0.2, -0.15) is 0 Å². The maximum absolute atomic E-state index is 12.2. The molecule has 0 aliphatic carbocycles. The largest absolute Gasteiger partial charge is 0.497 e. The molecule has 2 aromatic carbocycles. The molecule has 0 atom stereocenters. The Balaban J connectivity index is 2.00. The van der Waals surface area contributed by atoms with Crippen LogP contribution in [0.25, 0.3) is 0 Å². The van der Waals surface area contributed by atoms with Crippen molar-refractivity contribution in [1.82, 2.24) is 0 Å². The van der Waals surface area contributed by atoms with Gasteiger partial charge in [0.1, 0.15) is 11.5 Å². The molecule has 6 heteroatoms. The molecule has 0 aliphatic heterocycles. The van der Waals surface area contributed by atoms with Crippen molar-refractivity contribution in [2.24, 2.45) is 0 Å². The molecule has 0 unspecified atom stereocenters. The molecule has 0 saturated heterocycles. The van der Waals surface area contributed by atoms with Gasteiger partial charge in [-0.25, -0.2) is 0 Å². The van der Waals surface area contributed by atoms with Gasteiger partial charge >= 0.3 is 0 Å². The third-order valence-corrected chi connectivity index (χ3v) is 3.71. The van der Waals surface area contributed by atoms with Gasteiger partial charge in [0.15, 0.2) is 0 Å². The number of ether oxygens (including phenoxy) is 2. The molecule has 0 bridgehead atoms. The van der Waals surface area contributed by atoms with Gasteiger partial charge in [0.05, 0.1) is 19.9 Å². The number of benzene rings is 2. The lowest BCUT2D eigenvalue weighted by Crippen LogP contribution is -2.31. The average molecular weight is 342 g/mol. The summed E-state index contributed by atoms with van der Waals surface area (Å²) in [6.07, 6.45) is 0.170. The van der Waals surface area contributed by atoms with E-state index in [2.05, 4.69) is 5.32 Å². The average Bonchev–Trinajstić information content (AvgIpc) is 2.62. The van der Waals surface area contributed by atoms with Crippen LogP contribution >= 0.6 is 0 Å². The van der Waals surface area contributed by atoms with Gasteiger partial charge in [-0.1, -0.05) is 12.1 Å². The van der Waals surface area contributed by atoms with Crippen molar-refractivity contribution in [1.29, 1.82) is 0 Å². The van der Waals surface area contributed by atoms with E-state index in [9.17, 15) is 9.59 Å². The highest BCUT2D eigenvalue weighted by atomic mass is 16.5. The van der Waals surface area contributed by atoms with E-state index in [4.69, 9.17) is 9.47 Å². The standard InChI is InChI=1S/C19H22N2O4/c1-14(22)21(15-8-10-16(24-2)11-9-15)13-12-19(23)20-17-6-4-5-7-18(17)25-3/h4-11H,12-13H2,1-3H3,(H,20,23). The van der Waals surface area contributed by atoms with E-state index in [1.54, 1.807) is 55.5 Å². The molecular formula is C19H22N2O4. The monoisotopic (exact) mass is 342 g/mol. The predicted molar refractivity (Wildman–Crippen MR) is 97.3 cm³/mol. The molecule has 0 aromatic heterocycles. The molecule has 1 N–H and O–H groups in total. The van der Waals surface area contributed by atoms with Crippen LogP contribution in [0.15, 0.2) is 48.5 Å². The number of methoxy groups -OCH3 is 2. The molecule has 0 aliphatic rings. The molecule has 2 aromatic rings. The molecule has 0 heterocycles. The first-order valence-corrected chi connectivity index (χ1v) is 7.90. The third kappa shape index (κ3) is 4.97. The Labute approximate surface area is 147 Å². The number of rotatable bonds is 7. The van der Waals surface area contributed by atoms with Gasteiger partial charge in [-0.3, -0.25) is 9.59 Å².